The molecule has 8 heavy (non-hydrogen) atoms. The molecule has 2 nitrogen and oxygen atoms in total. The highest BCUT2D eigenvalue weighted by Crippen LogP contribution is 1.97. The van der Waals surface area contributed by atoms with Gasteiger partial charge in [0.05, 0.1) is 0 Å². The van der Waals surface area contributed by atoms with E-state index in [1.54, 1.807) is 0 Å². The first kappa shape index (κ1) is 7.81. The van der Waals surface area contributed by atoms with Crippen LogP contribution in [-0.4, -0.2) is 20.3 Å². The first-order valence-electron chi connectivity index (χ1n) is 1.98. The van der Waals surface area contributed by atoms with Gasteiger partial charge in [0.2, 0.25) is 0 Å². The second kappa shape index (κ2) is 2.39. The van der Waals surface area contributed by atoms with E-state index in [9.17, 15) is 16.7 Å². The van der Waals surface area contributed by atoms with E-state index in [1.807, 2.05) is 0 Å². The first-order valence-corrected chi connectivity index (χ1v) is 3.53. The number of hydrogen-bond acceptors (Lipinski definition) is 2. The van der Waals surface area contributed by atoms with Crippen molar-refractivity contribution in [1.82, 2.24) is 0 Å². The third-order valence-electron chi connectivity index (χ3n) is 0.429. The predicted octanol–water partition coefficient (Wildman–Crippen LogP) is 0.644. The standard InChI is InChI=1S/C3H6F2O2S/c1-3(4)2-8(5,6)7/h3H,2H2,1H3. The van der Waals surface area contributed by atoms with E-state index in [0.29, 0.717) is 0 Å². The van der Waals surface area contributed by atoms with Gasteiger partial charge in [0.1, 0.15) is 11.9 Å². The number of alkyl halides is 1. The van der Waals surface area contributed by atoms with Crippen molar-refractivity contribution in [2.24, 2.45) is 0 Å². The van der Waals surface area contributed by atoms with Gasteiger partial charge in [-0.05, 0) is 6.92 Å². The molecule has 0 heterocycles. The van der Waals surface area contributed by atoms with Gasteiger partial charge in [-0.3, -0.25) is 0 Å². The minimum absolute atomic E-state index is 0.983. The molecule has 0 aromatic rings. The van der Waals surface area contributed by atoms with Crippen LogP contribution in [0.15, 0.2) is 0 Å². The molecule has 0 saturated heterocycles. The quantitative estimate of drug-likeness (QED) is 0.533. The van der Waals surface area contributed by atoms with Crippen LogP contribution in [0.3, 0.4) is 0 Å². The minimum Gasteiger partial charge on any atom is -0.247 e. The van der Waals surface area contributed by atoms with E-state index in [2.05, 4.69) is 0 Å². The lowest BCUT2D eigenvalue weighted by atomic mass is 10.5. The Balaban J connectivity index is 3.75. The number of hydrogen-bond donors (Lipinski definition) is 0. The fraction of sp³-hybridized carbons (Fsp3) is 1.00. The SMILES string of the molecule is CC(F)CS(=O)(=O)F. The highest BCUT2D eigenvalue weighted by Gasteiger charge is 2.11. The maximum atomic E-state index is 11.6. The Hall–Kier alpha value is -0.190. The fourth-order valence-electron chi connectivity index (χ4n) is 0.274. The number of halogens is 2. The molecular formula is C3H6F2O2S. The molecule has 0 bridgehead atoms. The predicted molar refractivity (Wildman–Crippen MR) is 25.5 cm³/mol. The van der Waals surface area contributed by atoms with E-state index in [-0.39, 0.29) is 0 Å². The summed E-state index contributed by atoms with van der Waals surface area (Å²) in [6, 6.07) is 0. The van der Waals surface area contributed by atoms with Crippen LogP contribution >= 0.6 is 0 Å². The van der Waals surface area contributed by atoms with Crippen LogP contribution in [-0.2, 0) is 10.2 Å². The van der Waals surface area contributed by atoms with Crippen LogP contribution in [0, 0.1) is 0 Å². The molecule has 0 fully saturated rings. The maximum Gasteiger partial charge on any atom is 0.305 e. The Labute approximate surface area is 46.7 Å². The lowest BCUT2D eigenvalue weighted by Gasteiger charge is -1.92. The zero-order valence-electron chi connectivity index (χ0n) is 4.27. The molecule has 0 saturated carbocycles. The molecule has 5 heteroatoms. The third kappa shape index (κ3) is 5.81. The highest BCUT2D eigenvalue weighted by molar-refractivity contribution is 7.86. The van der Waals surface area contributed by atoms with Gasteiger partial charge >= 0.3 is 10.2 Å². The highest BCUT2D eigenvalue weighted by atomic mass is 32.3. The van der Waals surface area contributed by atoms with E-state index >= 15 is 0 Å². The molecule has 0 N–H and O–H groups in total. The van der Waals surface area contributed by atoms with Gasteiger partial charge in [-0.25, -0.2) is 4.39 Å². The molecule has 0 aromatic heterocycles. The monoisotopic (exact) mass is 144 g/mol. The summed E-state index contributed by atoms with van der Waals surface area (Å²) in [6.45, 7) is 0.983. The van der Waals surface area contributed by atoms with Crippen LogP contribution in [0.2, 0.25) is 0 Å². The molecule has 0 aliphatic rings. The topological polar surface area (TPSA) is 34.1 Å². The van der Waals surface area contributed by atoms with Gasteiger partial charge in [-0.15, -0.1) is 3.89 Å². The number of rotatable bonds is 2. The first-order chi connectivity index (χ1) is 3.42. The average molecular weight is 144 g/mol. The summed E-state index contributed by atoms with van der Waals surface area (Å²) in [5.41, 5.74) is 0. The van der Waals surface area contributed by atoms with Gasteiger partial charge in [-0.2, -0.15) is 8.42 Å². The van der Waals surface area contributed by atoms with Crippen LogP contribution in [0.4, 0.5) is 8.28 Å². The molecule has 0 aromatic carbocycles. The van der Waals surface area contributed by atoms with E-state index in [1.165, 1.54) is 0 Å². The smallest absolute Gasteiger partial charge is 0.247 e. The van der Waals surface area contributed by atoms with Crippen molar-refractivity contribution >= 4 is 10.2 Å². The minimum atomic E-state index is -4.60. The Morgan fingerprint density at radius 1 is 1.62 bits per heavy atom. The third-order valence-corrected chi connectivity index (χ3v) is 1.29. The zero-order valence-corrected chi connectivity index (χ0v) is 5.08. The van der Waals surface area contributed by atoms with E-state index in [0.717, 1.165) is 6.92 Å². The Kier molecular flexibility index (Phi) is 2.33. The van der Waals surface area contributed by atoms with E-state index in [4.69, 9.17) is 0 Å². The molecule has 0 aliphatic carbocycles. The van der Waals surface area contributed by atoms with Crippen molar-refractivity contribution in [1.29, 1.82) is 0 Å². The molecule has 0 spiro atoms. The molecule has 1 unspecified atom stereocenters. The Morgan fingerprint density at radius 3 is 2.00 bits per heavy atom. The van der Waals surface area contributed by atoms with Gasteiger partial charge in [0, 0.05) is 0 Å². The van der Waals surface area contributed by atoms with Crippen molar-refractivity contribution in [2.45, 2.75) is 13.1 Å². The molecule has 50 valence electrons. The summed E-state index contributed by atoms with van der Waals surface area (Å²) in [5.74, 6) is -1.03. The van der Waals surface area contributed by atoms with E-state index < -0.39 is 22.1 Å². The van der Waals surface area contributed by atoms with Crippen LogP contribution < -0.4 is 0 Å². The van der Waals surface area contributed by atoms with Crippen molar-refractivity contribution in [3.63, 3.8) is 0 Å². The van der Waals surface area contributed by atoms with Gasteiger partial charge in [0.25, 0.3) is 0 Å². The molecule has 0 aliphatic heterocycles. The summed E-state index contributed by atoms with van der Waals surface area (Å²) in [6.07, 6.45) is -1.62. The fourth-order valence-corrected chi connectivity index (χ4v) is 0.823. The second-order valence-electron chi connectivity index (χ2n) is 1.49. The molecular weight excluding hydrogens is 138 g/mol. The van der Waals surface area contributed by atoms with Crippen LogP contribution in [0.1, 0.15) is 6.92 Å². The lowest BCUT2D eigenvalue weighted by molar-refractivity contribution is 0.387. The normalized spacial score (nSPS) is 15.9. The van der Waals surface area contributed by atoms with Crippen molar-refractivity contribution in [3.8, 4) is 0 Å². The molecule has 0 amide bonds. The second-order valence-corrected chi connectivity index (χ2v) is 2.90. The van der Waals surface area contributed by atoms with Crippen LogP contribution in [0.25, 0.3) is 0 Å². The van der Waals surface area contributed by atoms with Crippen molar-refractivity contribution < 1.29 is 16.7 Å². The summed E-state index contributed by atoms with van der Waals surface area (Å²) in [4.78, 5) is 0. The summed E-state index contributed by atoms with van der Waals surface area (Å²) in [7, 11) is -4.60. The van der Waals surface area contributed by atoms with Gasteiger partial charge in [0.15, 0.2) is 0 Å². The average Bonchev–Trinajstić information content (AvgIpc) is 1.21. The van der Waals surface area contributed by atoms with Gasteiger partial charge < -0.3 is 0 Å². The summed E-state index contributed by atoms with van der Waals surface area (Å²) >= 11 is 0. The summed E-state index contributed by atoms with van der Waals surface area (Å²) < 4.78 is 42.0. The Morgan fingerprint density at radius 2 is 2.00 bits per heavy atom. The molecule has 0 radical (unpaired) electrons. The summed E-state index contributed by atoms with van der Waals surface area (Å²) in [5, 5.41) is 0. The van der Waals surface area contributed by atoms with Crippen molar-refractivity contribution in [2.75, 3.05) is 5.75 Å². The Bertz CT molecular complexity index is 149. The van der Waals surface area contributed by atoms with Gasteiger partial charge in [-0.1, -0.05) is 0 Å². The largest absolute Gasteiger partial charge is 0.305 e. The molecule has 1 atom stereocenters. The maximum absolute atomic E-state index is 11.6. The van der Waals surface area contributed by atoms with Crippen molar-refractivity contribution in [3.05, 3.63) is 0 Å². The van der Waals surface area contributed by atoms with Crippen LogP contribution in [0.5, 0.6) is 0 Å². The molecule has 0 rings (SSSR count). The zero-order chi connectivity index (χ0) is 6.78. The lowest BCUT2D eigenvalue weighted by Crippen LogP contribution is -2.08.